The number of fused-ring (bicyclic) bond motifs is 1. The van der Waals surface area contributed by atoms with Crippen molar-refractivity contribution in [3.05, 3.63) is 64.1 Å². The van der Waals surface area contributed by atoms with Gasteiger partial charge in [0.2, 0.25) is 5.91 Å². The number of ketones is 1. The van der Waals surface area contributed by atoms with Crippen LogP contribution in [0.1, 0.15) is 22.3 Å². The second kappa shape index (κ2) is 9.61. The van der Waals surface area contributed by atoms with E-state index in [-0.39, 0.29) is 34.8 Å². The molecule has 3 heterocycles. The summed E-state index contributed by atoms with van der Waals surface area (Å²) in [7, 11) is 5.51. The molecule has 0 bridgehead atoms. The number of carbonyl (C=O) groups excluding carboxylic acids is 2. The quantitative estimate of drug-likeness (QED) is 0.487. The van der Waals surface area contributed by atoms with Crippen molar-refractivity contribution in [2.45, 2.75) is 6.42 Å². The number of Topliss-reactive ketones (excluding diaryl/α,β-unsaturated/α-hetero) is 1. The van der Waals surface area contributed by atoms with Crippen molar-refractivity contribution in [1.29, 1.82) is 0 Å². The zero-order valence-corrected chi connectivity index (χ0v) is 20.8. The van der Waals surface area contributed by atoms with Gasteiger partial charge in [0.25, 0.3) is 0 Å². The van der Waals surface area contributed by atoms with E-state index < -0.39 is 17.4 Å². The number of aromatic amines is 1. The summed E-state index contributed by atoms with van der Waals surface area (Å²) in [5, 5.41) is 0.662. The number of hydrogen-bond acceptors (Lipinski definition) is 5. The van der Waals surface area contributed by atoms with Crippen LogP contribution in [0.25, 0.3) is 11.6 Å². The van der Waals surface area contributed by atoms with Gasteiger partial charge in [-0.15, -0.1) is 0 Å². The van der Waals surface area contributed by atoms with Gasteiger partial charge in [-0.25, -0.2) is 8.78 Å². The lowest BCUT2D eigenvalue weighted by Gasteiger charge is -2.32. The monoisotopic (exact) mass is 495 g/mol. The first-order valence-electron chi connectivity index (χ1n) is 12.3. The van der Waals surface area contributed by atoms with Crippen molar-refractivity contribution in [2.24, 2.45) is 22.7 Å². The molecule has 0 radical (unpaired) electrons. The molecule has 0 spiro atoms. The van der Waals surface area contributed by atoms with Crippen LogP contribution in [-0.2, 0) is 4.79 Å². The Morgan fingerprint density at radius 1 is 1.14 bits per heavy atom. The molecule has 1 saturated carbocycles. The zero-order chi connectivity index (χ0) is 25.6. The molecular formula is C27H31F2N5O2. The van der Waals surface area contributed by atoms with Crippen LogP contribution in [0.5, 0.6) is 0 Å². The topological polar surface area (TPSA) is 72.0 Å². The summed E-state index contributed by atoms with van der Waals surface area (Å²) in [6, 6.07) is 3.82. The molecule has 2 aromatic rings. The molecule has 7 nitrogen and oxygen atoms in total. The lowest BCUT2D eigenvalue weighted by molar-refractivity contribution is -0.134. The number of benzene rings is 1. The van der Waals surface area contributed by atoms with Crippen LogP contribution < -0.4 is 10.7 Å². The molecule has 1 saturated heterocycles. The van der Waals surface area contributed by atoms with Gasteiger partial charge in [-0.2, -0.15) is 0 Å². The maximum Gasteiger partial charge on any atom is 0.226 e. The number of aromatic nitrogens is 1. The summed E-state index contributed by atoms with van der Waals surface area (Å²) >= 11 is 0. The van der Waals surface area contributed by atoms with Gasteiger partial charge in [0.15, 0.2) is 17.4 Å². The Morgan fingerprint density at radius 2 is 1.89 bits per heavy atom. The molecule has 2 fully saturated rings. The molecular weight excluding hydrogens is 464 g/mol. The van der Waals surface area contributed by atoms with Gasteiger partial charge in [-0.05, 0) is 25.5 Å². The normalized spacial score (nSPS) is 24.0. The average molecular weight is 496 g/mol. The van der Waals surface area contributed by atoms with Crippen molar-refractivity contribution in [3.63, 3.8) is 0 Å². The van der Waals surface area contributed by atoms with Crippen LogP contribution >= 0.6 is 0 Å². The summed E-state index contributed by atoms with van der Waals surface area (Å²) in [6.45, 7) is 3.85. The predicted molar refractivity (Wildman–Crippen MR) is 132 cm³/mol. The standard InChI is InChI=1S/C27H31F2N5O2/c1-32(2)15-22(17-5-4-6-23(28)24(17)29)25(35)21-14-31-26-19(21)11-16(13-30-26)18-12-20(18)27(36)34-9-7-33(3)8-10-34/h4-6,11,14-16,18,20H,7-10,12-13H2,1-3H3,(H,30,31)/b22-15-/t16?,18-,20?/m0/s1. The van der Waals surface area contributed by atoms with Crippen LogP contribution in [0.3, 0.4) is 0 Å². The maximum atomic E-state index is 14.7. The molecule has 2 unspecified atom stereocenters. The molecule has 2 aliphatic heterocycles. The summed E-state index contributed by atoms with van der Waals surface area (Å²) in [5.41, 5.74) is 0.927. The van der Waals surface area contributed by atoms with Crippen molar-refractivity contribution < 1.29 is 18.4 Å². The molecule has 1 aliphatic carbocycles. The maximum absolute atomic E-state index is 14.7. The molecule has 3 aliphatic rings. The lowest BCUT2D eigenvalue weighted by atomic mass is 9.94. The van der Waals surface area contributed by atoms with E-state index in [4.69, 9.17) is 0 Å². The molecule has 5 rings (SSSR count). The minimum Gasteiger partial charge on any atom is -0.383 e. The predicted octanol–water partition coefficient (Wildman–Crippen LogP) is 1.52. The highest BCUT2D eigenvalue weighted by Crippen LogP contribution is 2.46. The van der Waals surface area contributed by atoms with Crippen LogP contribution in [-0.4, -0.2) is 85.2 Å². The van der Waals surface area contributed by atoms with Crippen LogP contribution in [0.15, 0.2) is 35.6 Å². The number of amides is 1. The van der Waals surface area contributed by atoms with Gasteiger partial charge in [-0.1, -0.05) is 18.2 Å². The zero-order valence-electron chi connectivity index (χ0n) is 20.8. The Bertz CT molecular complexity index is 1340. The smallest absolute Gasteiger partial charge is 0.226 e. The molecule has 36 heavy (non-hydrogen) atoms. The Hall–Kier alpha value is -3.33. The minimum absolute atomic E-state index is 0.00455. The van der Waals surface area contributed by atoms with Crippen molar-refractivity contribution in [1.82, 2.24) is 19.7 Å². The number of allylic oxidation sites excluding steroid dienone is 1. The van der Waals surface area contributed by atoms with E-state index >= 15 is 0 Å². The highest BCUT2D eigenvalue weighted by molar-refractivity contribution is 6.28. The third-order valence-corrected chi connectivity index (χ3v) is 7.38. The number of halogens is 2. The van der Waals surface area contributed by atoms with E-state index in [0.717, 1.165) is 38.7 Å². The number of rotatable bonds is 6. The molecule has 1 amide bonds. The number of carbonyl (C=O) groups is 2. The highest BCUT2D eigenvalue weighted by atomic mass is 19.2. The first-order chi connectivity index (χ1) is 17.2. The van der Waals surface area contributed by atoms with Crippen molar-refractivity contribution >= 4 is 23.3 Å². The van der Waals surface area contributed by atoms with Gasteiger partial charge in [0.05, 0.1) is 0 Å². The number of likely N-dealkylation sites (N-methyl/N-ethyl adjacent to an activating group) is 1. The fourth-order valence-electron chi connectivity index (χ4n) is 5.23. The second-order valence-corrected chi connectivity index (χ2v) is 10.2. The van der Waals surface area contributed by atoms with Gasteiger partial charge in [-0.3, -0.25) is 14.6 Å². The number of piperazine rings is 1. The van der Waals surface area contributed by atoms with Crippen molar-refractivity contribution in [3.8, 4) is 0 Å². The number of hydrogen-bond donors (Lipinski definition) is 1. The van der Waals surface area contributed by atoms with E-state index in [1.165, 1.54) is 18.3 Å². The lowest BCUT2D eigenvalue weighted by Crippen LogP contribution is -2.48. The highest BCUT2D eigenvalue weighted by Gasteiger charge is 2.48. The van der Waals surface area contributed by atoms with E-state index in [2.05, 4.69) is 21.9 Å². The summed E-state index contributed by atoms with van der Waals surface area (Å²) in [4.78, 5) is 40.2. The third-order valence-electron chi connectivity index (χ3n) is 7.38. The molecule has 3 atom stereocenters. The van der Waals surface area contributed by atoms with Gasteiger partial charge >= 0.3 is 0 Å². The van der Waals surface area contributed by atoms with Gasteiger partial charge in [0.1, 0.15) is 5.49 Å². The summed E-state index contributed by atoms with van der Waals surface area (Å²) in [6.07, 6.45) is 5.94. The Balaban J connectivity index is 1.41. The fourth-order valence-corrected chi connectivity index (χ4v) is 5.23. The van der Waals surface area contributed by atoms with Crippen LogP contribution in [0.2, 0.25) is 0 Å². The molecule has 1 N–H and O–H groups in total. The number of nitrogens with one attached hydrogen (secondary N) is 1. The van der Waals surface area contributed by atoms with Crippen LogP contribution in [0, 0.1) is 29.4 Å². The van der Waals surface area contributed by atoms with E-state index in [0.29, 0.717) is 22.8 Å². The Kier molecular flexibility index (Phi) is 6.51. The summed E-state index contributed by atoms with van der Waals surface area (Å²) < 4.78 is 28.6. The fraction of sp³-hybridized carbons (Fsp3) is 0.444. The van der Waals surface area contributed by atoms with E-state index in [9.17, 15) is 18.4 Å². The third kappa shape index (κ3) is 4.59. The Labute approximate surface area is 208 Å². The first kappa shape index (κ1) is 24.4. The largest absolute Gasteiger partial charge is 0.383 e. The molecule has 9 heteroatoms. The number of nitrogens with zero attached hydrogens (tertiary/aromatic N) is 4. The second-order valence-electron chi connectivity index (χ2n) is 10.2. The van der Waals surface area contributed by atoms with E-state index in [1.807, 2.05) is 11.0 Å². The van der Waals surface area contributed by atoms with Crippen molar-refractivity contribution in [2.75, 3.05) is 53.9 Å². The SMILES string of the molecule is CN(C)/C=C(\C(=O)c1c[nH]c2c1=CC([C@@H]1CC1C(=O)N1CCN(C)CC1)CN=2)c1cccc(F)c1F. The molecule has 190 valence electrons. The first-order valence-corrected chi connectivity index (χ1v) is 12.3. The summed E-state index contributed by atoms with van der Waals surface area (Å²) in [5.74, 6) is -2.02. The van der Waals surface area contributed by atoms with Crippen LogP contribution in [0.4, 0.5) is 8.78 Å². The average Bonchev–Trinajstić information content (AvgIpc) is 3.55. The van der Waals surface area contributed by atoms with Gasteiger partial charge in [0, 0.05) is 93.0 Å². The van der Waals surface area contributed by atoms with Gasteiger partial charge < -0.3 is 19.7 Å². The minimum atomic E-state index is -1.06. The molecule has 1 aromatic carbocycles. The Morgan fingerprint density at radius 3 is 2.61 bits per heavy atom. The number of H-pyrrole nitrogens is 1. The molecule has 1 aromatic heterocycles. The van der Waals surface area contributed by atoms with E-state index in [1.54, 1.807) is 25.2 Å².